The van der Waals surface area contributed by atoms with E-state index in [0.717, 1.165) is 12.8 Å². The molecule has 0 aromatic rings. The molecule has 0 amide bonds. The second-order valence-corrected chi connectivity index (χ2v) is 2.83. The minimum absolute atomic E-state index is 0.543. The lowest BCUT2D eigenvalue weighted by Gasteiger charge is -2.00. The molecule has 0 heterocycles. The van der Waals surface area contributed by atoms with Gasteiger partial charge < -0.3 is 5.11 Å². The molecule has 1 N–H and O–H groups in total. The number of hydrogen-bond donors (Lipinski definition) is 1. The number of allylic oxidation sites excluding steroid dienone is 2. The Morgan fingerprint density at radius 3 is 2.82 bits per heavy atom. The van der Waals surface area contributed by atoms with Crippen LogP contribution in [-0.2, 0) is 4.79 Å². The number of rotatable bonds is 5. The van der Waals surface area contributed by atoms with Gasteiger partial charge in [0.05, 0.1) is 0 Å². The molecule has 0 aromatic heterocycles. The van der Waals surface area contributed by atoms with Crippen LogP contribution in [0.4, 0.5) is 0 Å². The van der Waals surface area contributed by atoms with Gasteiger partial charge in [-0.1, -0.05) is 12.2 Å². The molecule has 11 heavy (non-hydrogen) atoms. The molecule has 0 fully saturated rings. The molecule has 0 aliphatic heterocycles. The summed E-state index contributed by atoms with van der Waals surface area (Å²) in [5.41, 5.74) is 0. The first-order valence-corrected chi connectivity index (χ1v) is 4.10. The van der Waals surface area contributed by atoms with E-state index in [0.29, 0.717) is 6.42 Å². The van der Waals surface area contributed by atoms with Crippen LogP contribution in [0.5, 0.6) is 0 Å². The number of carbonyl (C=O) groups is 1. The molecule has 0 saturated heterocycles. The van der Waals surface area contributed by atoms with E-state index in [1.165, 1.54) is 0 Å². The van der Waals surface area contributed by atoms with Gasteiger partial charge in [-0.15, -0.1) is 11.6 Å². The maximum Gasteiger partial charge on any atom is 0.321 e. The Balaban J connectivity index is 3.31. The van der Waals surface area contributed by atoms with Crippen LogP contribution in [0, 0.1) is 0 Å². The molecular formula is C8H13ClO2. The summed E-state index contributed by atoms with van der Waals surface area (Å²) in [7, 11) is 0. The first-order chi connectivity index (χ1) is 5.18. The molecule has 0 bridgehead atoms. The lowest BCUT2D eigenvalue weighted by molar-refractivity contribution is -0.136. The number of carboxylic acids is 1. The molecule has 0 aliphatic carbocycles. The van der Waals surface area contributed by atoms with E-state index in [9.17, 15) is 4.79 Å². The molecule has 3 heteroatoms. The van der Waals surface area contributed by atoms with Crippen molar-refractivity contribution in [1.29, 1.82) is 0 Å². The zero-order valence-electron chi connectivity index (χ0n) is 6.59. The quantitative estimate of drug-likeness (QED) is 0.397. The van der Waals surface area contributed by atoms with Crippen LogP contribution < -0.4 is 0 Å². The maximum atomic E-state index is 10.2. The van der Waals surface area contributed by atoms with Gasteiger partial charge in [0.2, 0.25) is 0 Å². The Labute approximate surface area is 71.9 Å². The third-order valence-corrected chi connectivity index (χ3v) is 1.74. The number of unbranched alkanes of at least 4 members (excludes halogenated alkanes) is 1. The minimum Gasteiger partial charge on any atom is -0.480 e. The van der Waals surface area contributed by atoms with Crippen molar-refractivity contribution in [3.05, 3.63) is 12.2 Å². The Hall–Kier alpha value is -0.500. The van der Waals surface area contributed by atoms with Crippen LogP contribution in [0.3, 0.4) is 0 Å². The van der Waals surface area contributed by atoms with E-state index < -0.39 is 11.3 Å². The molecule has 0 aromatic carbocycles. The lowest BCUT2D eigenvalue weighted by Crippen LogP contribution is -2.12. The van der Waals surface area contributed by atoms with Gasteiger partial charge in [0.25, 0.3) is 0 Å². The molecule has 0 rings (SSSR count). The van der Waals surface area contributed by atoms with E-state index in [2.05, 4.69) is 0 Å². The Morgan fingerprint density at radius 2 is 2.36 bits per heavy atom. The average molecular weight is 177 g/mol. The van der Waals surface area contributed by atoms with Crippen molar-refractivity contribution in [2.24, 2.45) is 0 Å². The summed E-state index contributed by atoms with van der Waals surface area (Å²) in [6.07, 6.45) is 6.24. The lowest BCUT2D eigenvalue weighted by atomic mass is 10.2. The SMILES string of the molecule is C/C=C/CCCC(Cl)C(=O)O. The number of halogens is 1. The molecule has 0 radical (unpaired) electrons. The van der Waals surface area contributed by atoms with Gasteiger partial charge in [-0.2, -0.15) is 0 Å². The Morgan fingerprint density at radius 1 is 1.73 bits per heavy atom. The number of aliphatic carboxylic acids is 1. The van der Waals surface area contributed by atoms with E-state index in [4.69, 9.17) is 16.7 Å². The standard InChI is InChI=1S/C8H13ClO2/c1-2-3-4-5-6-7(9)8(10)11/h2-3,7H,4-6H2,1H3,(H,10,11)/b3-2+. The molecule has 1 atom stereocenters. The van der Waals surface area contributed by atoms with Gasteiger partial charge in [0.15, 0.2) is 0 Å². The summed E-state index contributed by atoms with van der Waals surface area (Å²) in [4.78, 5) is 10.2. The van der Waals surface area contributed by atoms with Gasteiger partial charge in [0, 0.05) is 0 Å². The van der Waals surface area contributed by atoms with Crippen molar-refractivity contribution in [1.82, 2.24) is 0 Å². The van der Waals surface area contributed by atoms with Crippen molar-refractivity contribution in [3.63, 3.8) is 0 Å². The highest BCUT2D eigenvalue weighted by molar-refractivity contribution is 6.29. The fourth-order valence-electron chi connectivity index (χ4n) is 0.705. The van der Waals surface area contributed by atoms with Gasteiger partial charge >= 0.3 is 5.97 Å². The van der Waals surface area contributed by atoms with Crippen molar-refractivity contribution in [2.45, 2.75) is 31.6 Å². The average Bonchev–Trinajstić information content (AvgIpc) is 1.97. The molecule has 0 spiro atoms. The molecule has 0 saturated carbocycles. The summed E-state index contributed by atoms with van der Waals surface area (Å²) in [5.74, 6) is -0.924. The number of alkyl halides is 1. The van der Waals surface area contributed by atoms with E-state index in [-0.39, 0.29) is 0 Å². The van der Waals surface area contributed by atoms with Crippen molar-refractivity contribution in [2.75, 3.05) is 0 Å². The third kappa shape index (κ3) is 5.92. The van der Waals surface area contributed by atoms with Crippen LogP contribution in [0.25, 0.3) is 0 Å². The van der Waals surface area contributed by atoms with Crippen LogP contribution >= 0.6 is 11.6 Å². The topological polar surface area (TPSA) is 37.3 Å². The van der Waals surface area contributed by atoms with E-state index in [1.807, 2.05) is 19.1 Å². The zero-order valence-corrected chi connectivity index (χ0v) is 7.34. The summed E-state index contributed by atoms with van der Waals surface area (Å²) < 4.78 is 0. The van der Waals surface area contributed by atoms with E-state index in [1.54, 1.807) is 0 Å². The van der Waals surface area contributed by atoms with Crippen LogP contribution in [0.2, 0.25) is 0 Å². The van der Waals surface area contributed by atoms with Crippen LogP contribution in [0.1, 0.15) is 26.2 Å². The highest BCUT2D eigenvalue weighted by atomic mass is 35.5. The second-order valence-electron chi connectivity index (χ2n) is 2.31. The largest absolute Gasteiger partial charge is 0.480 e. The smallest absolute Gasteiger partial charge is 0.321 e. The molecular weight excluding hydrogens is 164 g/mol. The highest BCUT2D eigenvalue weighted by Gasteiger charge is 2.11. The maximum absolute atomic E-state index is 10.2. The molecule has 0 aliphatic rings. The molecule has 1 unspecified atom stereocenters. The van der Waals surface area contributed by atoms with Crippen molar-refractivity contribution < 1.29 is 9.90 Å². The molecule has 2 nitrogen and oxygen atoms in total. The summed E-state index contributed by atoms with van der Waals surface area (Å²) in [5, 5.41) is 7.67. The highest BCUT2D eigenvalue weighted by Crippen LogP contribution is 2.07. The minimum atomic E-state index is -0.924. The monoisotopic (exact) mass is 176 g/mol. The number of carboxylic acid groups (broad SMARTS) is 1. The van der Waals surface area contributed by atoms with Gasteiger partial charge in [0.1, 0.15) is 5.38 Å². The zero-order chi connectivity index (χ0) is 8.69. The third-order valence-electron chi connectivity index (χ3n) is 1.33. The summed E-state index contributed by atoms with van der Waals surface area (Å²) >= 11 is 5.47. The summed E-state index contributed by atoms with van der Waals surface area (Å²) in [6.45, 7) is 1.94. The van der Waals surface area contributed by atoms with Crippen molar-refractivity contribution >= 4 is 17.6 Å². The first kappa shape index (κ1) is 10.5. The molecule has 64 valence electrons. The number of hydrogen-bond acceptors (Lipinski definition) is 1. The fraction of sp³-hybridized carbons (Fsp3) is 0.625. The fourth-order valence-corrected chi connectivity index (χ4v) is 0.859. The Kier molecular flexibility index (Phi) is 5.94. The van der Waals surface area contributed by atoms with Gasteiger partial charge in [-0.3, -0.25) is 4.79 Å². The predicted octanol–water partition coefficient (Wildman–Crippen LogP) is 2.42. The van der Waals surface area contributed by atoms with Crippen molar-refractivity contribution in [3.8, 4) is 0 Å². The van der Waals surface area contributed by atoms with Gasteiger partial charge in [-0.05, 0) is 26.2 Å². The first-order valence-electron chi connectivity index (χ1n) is 3.66. The van der Waals surface area contributed by atoms with Gasteiger partial charge in [-0.25, -0.2) is 0 Å². The van der Waals surface area contributed by atoms with E-state index >= 15 is 0 Å². The predicted molar refractivity (Wildman–Crippen MR) is 45.9 cm³/mol. The normalized spacial score (nSPS) is 13.6. The Bertz CT molecular complexity index is 143. The second kappa shape index (κ2) is 6.23. The van der Waals surface area contributed by atoms with Crippen LogP contribution in [0.15, 0.2) is 12.2 Å². The van der Waals surface area contributed by atoms with Crippen LogP contribution in [-0.4, -0.2) is 16.5 Å². The summed E-state index contributed by atoms with van der Waals surface area (Å²) in [6, 6.07) is 0.